The number of ether oxygens (including phenoxy) is 2. The maximum Gasteiger partial charge on any atom is 0.241 e. The third-order valence-electron chi connectivity index (χ3n) is 2.05. The van der Waals surface area contributed by atoms with E-state index in [4.69, 9.17) is 15.9 Å². The third kappa shape index (κ3) is 4.37. The molecule has 0 aliphatic carbocycles. The lowest BCUT2D eigenvalue weighted by Crippen LogP contribution is -2.23. The standard InChI is InChI=1S/C12H15NO4S/c1-3-8-13-18(14,15)12-6-4-11(5-7-12)17-10-9-16-2/h1,4-7,13H,8-10H2,2H3. The van der Waals surface area contributed by atoms with Gasteiger partial charge in [0.05, 0.1) is 18.0 Å². The zero-order valence-corrected chi connectivity index (χ0v) is 10.9. The number of rotatable bonds is 7. The highest BCUT2D eigenvalue weighted by Gasteiger charge is 2.12. The molecule has 5 nitrogen and oxygen atoms in total. The quantitative estimate of drug-likeness (QED) is 0.582. The predicted octanol–water partition coefficient (Wildman–Crippen LogP) is 0.623. The summed E-state index contributed by atoms with van der Waals surface area (Å²) in [5.74, 6) is 2.80. The first-order chi connectivity index (χ1) is 8.60. The SMILES string of the molecule is C#CCNS(=O)(=O)c1ccc(OCCOC)cc1. The molecule has 0 atom stereocenters. The summed E-state index contributed by atoms with van der Waals surface area (Å²) in [6.07, 6.45) is 5.00. The first-order valence-corrected chi connectivity index (χ1v) is 6.73. The van der Waals surface area contributed by atoms with Gasteiger partial charge in [-0.25, -0.2) is 8.42 Å². The van der Waals surface area contributed by atoms with Gasteiger partial charge in [0.15, 0.2) is 0 Å². The molecule has 0 spiro atoms. The summed E-state index contributed by atoms with van der Waals surface area (Å²) in [6, 6.07) is 6.09. The van der Waals surface area contributed by atoms with Crippen LogP contribution < -0.4 is 9.46 Å². The van der Waals surface area contributed by atoms with Crippen molar-refractivity contribution >= 4 is 10.0 Å². The second-order valence-corrected chi connectivity index (χ2v) is 5.11. The van der Waals surface area contributed by atoms with E-state index in [1.165, 1.54) is 12.1 Å². The summed E-state index contributed by atoms with van der Waals surface area (Å²) in [6.45, 7) is 0.857. The highest BCUT2D eigenvalue weighted by molar-refractivity contribution is 7.89. The van der Waals surface area contributed by atoms with E-state index in [0.717, 1.165) is 0 Å². The maximum absolute atomic E-state index is 11.7. The molecule has 98 valence electrons. The Morgan fingerprint density at radius 3 is 2.50 bits per heavy atom. The first-order valence-electron chi connectivity index (χ1n) is 5.25. The molecule has 0 heterocycles. The third-order valence-corrected chi connectivity index (χ3v) is 3.47. The molecule has 0 unspecified atom stereocenters. The minimum Gasteiger partial charge on any atom is -0.491 e. The van der Waals surface area contributed by atoms with Crippen LogP contribution in [0.5, 0.6) is 5.75 Å². The molecule has 0 aromatic heterocycles. The lowest BCUT2D eigenvalue weighted by molar-refractivity contribution is 0.146. The summed E-state index contributed by atoms with van der Waals surface area (Å²) in [5, 5.41) is 0. The Kier molecular flexibility index (Phi) is 5.65. The van der Waals surface area contributed by atoms with E-state index in [0.29, 0.717) is 19.0 Å². The number of methoxy groups -OCH3 is 1. The summed E-state index contributed by atoms with van der Waals surface area (Å²) >= 11 is 0. The van der Waals surface area contributed by atoms with Crippen molar-refractivity contribution in [1.29, 1.82) is 0 Å². The van der Waals surface area contributed by atoms with E-state index in [9.17, 15) is 8.42 Å². The van der Waals surface area contributed by atoms with Crippen LogP contribution in [0.4, 0.5) is 0 Å². The van der Waals surface area contributed by atoms with Gasteiger partial charge in [0.2, 0.25) is 10.0 Å². The summed E-state index contributed by atoms with van der Waals surface area (Å²) in [7, 11) is -1.96. The number of nitrogens with one attached hydrogen (secondary N) is 1. The van der Waals surface area contributed by atoms with Gasteiger partial charge in [0, 0.05) is 7.11 Å². The van der Waals surface area contributed by atoms with Crippen LogP contribution in [-0.4, -0.2) is 35.3 Å². The van der Waals surface area contributed by atoms with E-state index in [1.54, 1.807) is 19.2 Å². The van der Waals surface area contributed by atoms with Crippen LogP contribution in [0, 0.1) is 12.3 Å². The second kappa shape index (κ2) is 7.01. The Morgan fingerprint density at radius 2 is 1.94 bits per heavy atom. The lowest BCUT2D eigenvalue weighted by atomic mass is 10.3. The van der Waals surface area contributed by atoms with Crippen molar-refractivity contribution in [2.24, 2.45) is 0 Å². The Morgan fingerprint density at radius 1 is 1.28 bits per heavy atom. The Balaban J connectivity index is 2.68. The average Bonchev–Trinajstić information content (AvgIpc) is 2.37. The molecule has 0 radical (unpaired) electrons. The molecule has 0 saturated heterocycles. The predicted molar refractivity (Wildman–Crippen MR) is 67.8 cm³/mol. The molecule has 1 aromatic carbocycles. The van der Waals surface area contributed by atoms with Crippen molar-refractivity contribution < 1.29 is 17.9 Å². The number of hydrogen-bond donors (Lipinski definition) is 1. The smallest absolute Gasteiger partial charge is 0.241 e. The van der Waals surface area contributed by atoms with E-state index < -0.39 is 10.0 Å². The monoisotopic (exact) mass is 269 g/mol. The molecule has 0 aliphatic heterocycles. The molecule has 0 aliphatic rings. The highest BCUT2D eigenvalue weighted by Crippen LogP contribution is 2.15. The number of sulfonamides is 1. The summed E-state index contributed by atoms with van der Waals surface area (Å²) < 4.78 is 35.8. The molecule has 0 bridgehead atoms. The van der Waals surface area contributed by atoms with Gasteiger partial charge < -0.3 is 9.47 Å². The fourth-order valence-electron chi connectivity index (χ4n) is 1.18. The second-order valence-electron chi connectivity index (χ2n) is 3.34. The van der Waals surface area contributed by atoms with E-state index >= 15 is 0 Å². The molecule has 1 aromatic rings. The minimum absolute atomic E-state index is 0.0333. The van der Waals surface area contributed by atoms with Crippen LogP contribution in [-0.2, 0) is 14.8 Å². The van der Waals surface area contributed by atoms with Crippen molar-refractivity contribution in [3.05, 3.63) is 24.3 Å². The van der Waals surface area contributed by atoms with E-state index in [1.807, 2.05) is 0 Å². The van der Waals surface area contributed by atoms with E-state index in [-0.39, 0.29) is 11.4 Å². The normalized spacial score (nSPS) is 10.9. The first kappa shape index (κ1) is 14.5. The van der Waals surface area contributed by atoms with Gasteiger partial charge >= 0.3 is 0 Å². The molecular formula is C12H15NO4S. The zero-order valence-electron chi connectivity index (χ0n) is 10.0. The van der Waals surface area contributed by atoms with Crippen molar-refractivity contribution in [2.75, 3.05) is 26.9 Å². The van der Waals surface area contributed by atoms with Crippen molar-refractivity contribution in [3.8, 4) is 18.1 Å². The van der Waals surface area contributed by atoms with Crippen molar-refractivity contribution in [3.63, 3.8) is 0 Å². The zero-order chi connectivity index (χ0) is 13.4. The van der Waals surface area contributed by atoms with Crippen LogP contribution >= 0.6 is 0 Å². The van der Waals surface area contributed by atoms with E-state index in [2.05, 4.69) is 10.6 Å². The van der Waals surface area contributed by atoms with Gasteiger partial charge in [0.25, 0.3) is 0 Å². The van der Waals surface area contributed by atoms with Crippen LogP contribution in [0.2, 0.25) is 0 Å². The van der Waals surface area contributed by atoms with Gasteiger partial charge in [-0.15, -0.1) is 6.42 Å². The van der Waals surface area contributed by atoms with Crippen LogP contribution in [0.15, 0.2) is 29.2 Å². The molecule has 1 rings (SSSR count). The van der Waals surface area contributed by atoms with Gasteiger partial charge in [-0.2, -0.15) is 4.72 Å². The maximum atomic E-state index is 11.7. The van der Waals surface area contributed by atoms with Gasteiger partial charge in [0.1, 0.15) is 12.4 Å². The van der Waals surface area contributed by atoms with Crippen LogP contribution in [0.25, 0.3) is 0 Å². The number of hydrogen-bond acceptors (Lipinski definition) is 4. The topological polar surface area (TPSA) is 64.6 Å². The lowest BCUT2D eigenvalue weighted by Gasteiger charge is -2.07. The molecule has 0 saturated carbocycles. The average molecular weight is 269 g/mol. The van der Waals surface area contributed by atoms with Gasteiger partial charge in [-0.1, -0.05) is 5.92 Å². The Hall–Kier alpha value is -1.55. The summed E-state index contributed by atoms with van der Waals surface area (Å²) in [5.41, 5.74) is 0. The molecule has 0 amide bonds. The number of benzene rings is 1. The van der Waals surface area contributed by atoms with Gasteiger partial charge in [-0.3, -0.25) is 0 Å². The van der Waals surface area contributed by atoms with Gasteiger partial charge in [-0.05, 0) is 24.3 Å². The Bertz CT molecular complexity index is 502. The molecule has 0 fully saturated rings. The molecular weight excluding hydrogens is 254 g/mol. The number of terminal acetylenes is 1. The minimum atomic E-state index is -3.54. The van der Waals surface area contributed by atoms with Crippen LogP contribution in [0.1, 0.15) is 0 Å². The summed E-state index contributed by atoms with van der Waals surface area (Å²) in [4.78, 5) is 0.150. The fourth-order valence-corrected chi connectivity index (χ4v) is 2.11. The fraction of sp³-hybridized carbons (Fsp3) is 0.333. The van der Waals surface area contributed by atoms with Crippen molar-refractivity contribution in [2.45, 2.75) is 4.90 Å². The Labute approximate surface area is 107 Å². The highest BCUT2D eigenvalue weighted by atomic mass is 32.2. The molecule has 18 heavy (non-hydrogen) atoms. The van der Waals surface area contributed by atoms with Crippen LogP contribution in [0.3, 0.4) is 0 Å². The molecule has 1 N–H and O–H groups in total. The van der Waals surface area contributed by atoms with Crippen molar-refractivity contribution in [1.82, 2.24) is 4.72 Å². The molecule has 6 heteroatoms. The largest absolute Gasteiger partial charge is 0.491 e.